The van der Waals surface area contributed by atoms with Crippen molar-refractivity contribution in [3.8, 4) is 0 Å². The first-order valence-electron chi connectivity index (χ1n) is 4.39. The van der Waals surface area contributed by atoms with E-state index in [1.54, 1.807) is 0 Å². The molecule has 5 nitrogen and oxygen atoms in total. The number of hydrogen-bond donors (Lipinski definition) is 3. The zero-order chi connectivity index (χ0) is 10.7. The second-order valence-corrected chi connectivity index (χ2v) is 3.98. The molecular weight excluding hydrogens is 210 g/mol. The van der Waals surface area contributed by atoms with Crippen LogP contribution >= 0.6 is 11.8 Å². The monoisotopic (exact) mass is 221 g/mol. The predicted octanol–water partition coefficient (Wildman–Crippen LogP) is 0.539. The standard InChI is InChI=1S/C9H11N5S/c10-7-3-1-6(2-4-7)8-5-15-9(12-11)14-13-8/h1-4H,5,10-11H2,(H,12,14). The van der Waals surface area contributed by atoms with Crippen molar-refractivity contribution in [3.05, 3.63) is 29.8 Å². The van der Waals surface area contributed by atoms with Crippen LogP contribution in [0, 0.1) is 0 Å². The normalized spacial score (nSPS) is 18.4. The number of hydrazone groups is 2. The molecule has 0 fully saturated rings. The third-order valence-corrected chi connectivity index (χ3v) is 2.88. The maximum atomic E-state index is 5.60. The summed E-state index contributed by atoms with van der Waals surface area (Å²) in [5.74, 6) is 5.88. The summed E-state index contributed by atoms with van der Waals surface area (Å²) in [6.07, 6.45) is 0. The number of nitrogens with two attached hydrogens (primary N) is 2. The van der Waals surface area contributed by atoms with E-state index >= 15 is 0 Å². The topological polar surface area (TPSA) is 88.8 Å². The van der Waals surface area contributed by atoms with Crippen molar-refractivity contribution in [2.45, 2.75) is 0 Å². The lowest BCUT2D eigenvalue weighted by Gasteiger charge is -2.13. The van der Waals surface area contributed by atoms with E-state index in [4.69, 9.17) is 11.6 Å². The summed E-state index contributed by atoms with van der Waals surface area (Å²) in [4.78, 5) is 0. The van der Waals surface area contributed by atoms with Crippen molar-refractivity contribution in [1.29, 1.82) is 0 Å². The molecule has 0 aliphatic carbocycles. The number of nitrogen functional groups attached to an aromatic ring is 1. The Morgan fingerprint density at radius 2 is 2.07 bits per heavy atom. The molecule has 0 saturated heterocycles. The molecule has 0 bridgehead atoms. The third-order valence-electron chi connectivity index (χ3n) is 1.99. The molecule has 78 valence electrons. The highest BCUT2D eigenvalue weighted by Crippen LogP contribution is 2.14. The molecular formula is C9H11N5S. The summed E-state index contributed by atoms with van der Waals surface area (Å²) in [7, 11) is 0. The molecule has 0 spiro atoms. The van der Waals surface area contributed by atoms with E-state index in [1.165, 1.54) is 11.8 Å². The average molecular weight is 221 g/mol. The van der Waals surface area contributed by atoms with Gasteiger partial charge in [0.2, 0.25) is 5.17 Å². The van der Waals surface area contributed by atoms with E-state index in [0.717, 1.165) is 22.7 Å². The zero-order valence-electron chi connectivity index (χ0n) is 7.97. The number of anilines is 1. The molecule has 6 heteroatoms. The maximum Gasteiger partial charge on any atom is 0.200 e. The van der Waals surface area contributed by atoms with Gasteiger partial charge in [0.25, 0.3) is 0 Å². The summed E-state index contributed by atoms with van der Waals surface area (Å²) in [5, 5.41) is 8.34. The minimum absolute atomic E-state index is 0.634. The molecule has 0 amide bonds. The van der Waals surface area contributed by atoms with E-state index in [9.17, 15) is 0 Å². The maximum absolute atomic E-state index is 5.60. The van der Waals surface area contributed by atoms with Crippen molar-refractivity contribution in [3.63, 3.8) is 0 Å². The predicted molar refractivity (Wildman–Crippen MR) is 64.6 cm³/mol. The summed E-state index contributed by atoms with van der Waals surface area (Å²) < 4.78 is 0. The molecule has 1 heterocycles. The average Bonchev–Trinajstić information content (AvgIpc) is 2.30. The van der Waals surface area contributed by atoms with Crippen LogP contribution < -0.4 is 17.0 Å². The molecule has 0 aromatic heterocycles. The summed E-state index contributed by atoms with van der Waals surface area (Å²) in [6.45, 7) is 0. The molecule has 1 aliphatic heterocycles. The first-order chi connectivity index (χ1) is 7.29. The first-order valence-corrected chi connectivity index (χ1v) is 5.37. The van der Waals surface area contributed by atoms with Crippen LogP contribution in [-0.4, -0.2) is 16.6 Å². The number of amidine groups is 1. The lowest BCUT2D eigenvalue weighted by molar-refractivity contribution is 1.02. The van der Waals surface area contributed by atoms with Gasteiger partial charge in [-0.3, -0.25) is 5.43 Å². The fourth-order valence-corrected chi connectivity index (χ4v) is 1.90. The van der Waals surface area contributed by atoms with Crippen molar-refractivity contribution in [1.82, 2.24) is 5.43 Å². The van der Waals surface area contributed by atoms with Gasteiger partial charge in [-0.2, -0.15) is 10.2 Å². The van der Waals surface area contributed by atoms with Gasteiger partial charge in [-0.05, 0) is 17.7 Å². The Bertz CT molecular complexity index is 409. The molecule has 15 heavy (non-hydrogen) atoms. The highest BCUT2D eigenvalue weighted by atomic mass is 32.2. The number of rotatable bonds is 1. The first kappa shape index (κ1) is 9.85. The Hall–Kier alpha value is -1.69. The van der Waals surface area contributed by atoms with Gasteiger partial charge in [-0.15, -0.1) is 0 Å². The molecule has 1 aromatic rings. The van der Waals surface area contributed by atoms with E-state index in [0.29, 0.717) is 5.17 Å². The van der Waals surface area contributed by atoms with Crippen molar-refractivity contribution < 1.29 is 0 Å². The number of nitrogens with one attached hydrogen (secondary N) is 1. The van der Waals surface area contributed by atoms with Crippen molar-refractivity contribution in [2.24, 2.45) is 16.0 Å². The van der Waals surface area contributed by atoms with Crippen LogP contribution in [-0.2, 0) is 0 Å². The number of thioether (sulfide) groups is 1. The van der Waals surface area contributed by atoms with E-state index in [1.807, 2.05) is 24.3 Å². The minimum Gasteiger partial charge on any atom is -0.399 e. The van der Waals surface area contributed by atoms with Crippen LogP contribution in [0.15, 0.2) is 34.5 Å². The second kappa shape index (κ2) is 4.22. The highest BCUT2D eigenvalue weighted by Gasteiger charge is 2.12. The molecule has 0 atom stereocenters. The van der Waals surface area contributed by atoms with E-state index in [2.05, 4.69) is 15.6 Å². The van der Waals surface area contributed by atoms with Gasteiger partial charge in [0.15, 0.2) is 0 Å². The lowest BCUT2D eigenvalue weighted by atomic mass is 10.1. The van der Waals surface area contributed by atoms with Crippen LogP contribution in [0.2, 0.25) is 0 Å². The van der Waals surface area contributed by atoms with Gasteiger partial charge in [0.1, 0.15) is 0 Å². The summed E-state index contributed by atoms with van der Waals surface area (Å²) >= 11 is 1.52. The van der Waals surface area contributed by atoms with Crippen LogP contribution in [0.25, 0.3) is 0 Å². The Labute approximate surface area is 91.6 Å². The van der Waals surface area contributed by atoms with Crippen LogP contribution in [0.3, 0.4) is 0 Å². The smallest absolute Gasteiger partial charge is 0.200 e. The van der Waals surface area contributed by atoms with Gasteiger partial charge in [0.05, 0.1) is 5.71 Å². The molecule has 0 unspecified atom stereocenters. The van der Waals surface area contributed by atoms with Crippen LogP contribution in [0.5, 0.6) is 0 Å². The lowest BCUT2D eigenvalue weighted by Crippen LogP contribution is -2.26. The summed E-state index contributed by atoms with van der Waals surface area (Å²) in [6, 6.07) is 7.60. The molecule has 0 saturated carbocycles. The third kappa shape index (κ3) is 2.21. The number of benzene rings is 1. The SMILES string of the molecule is N/N=C1/NN=C(c2ccc(N)cc2)CS1. The molecule has 1 aliphatic rings. The number of nitrogens with zero attached hydrogens (tertiary/aromatic N) is 2. The molecule has 5 N–H and O–H groups in total. The second-order valence-electron chi connectivity index (χ2n) is 3.02. The van der Waals surface area contributed by atoms with E-state index in [-0.39, 0.29) is 0 Å². The van der Waals surface area contributed by atoms with E-state index < -0.39 is 0 Å². The van der Waals surface area contributed by atoms with Crippen LogP contribution in [0.4, 0.5) is 5.69 Å². The molecule has 2 rings (SSSR count). The fraction of sp³-hybridized carbons (Fsp3) is 0.111. The highest BCUT2D eigenvalue weighted by molar-refractivity contribution is 8.14. The largest absolute Gasteiger partial charge is 0.399 e. The Balaban J connectivity index is 2.19. The van der Waals surface area contributed by atoms with Gasteiger partial charge in [-0.25, -0.2) is 0 Å². The molecule has 1 aromatic carbocycles. The van der Waals surface area contributed by atoms with Crippen molar-refractivity contribution in [2.75, 3.05) is 11.5 Å². The quantitative estimate of drug-likeness (QED) is 0.367. The minimum atomic E-state index is 0.634. The Morgan fingerprint density at radius 3 is 2.60 bits per heavy atom. The Kier molecular flexibility index (Phi) is 2.77. The number of hydrogen-bond acceptors (Lipinski definition) is 5. The van der Waals surface area contributed by atoms with Gasteiger partial charge >= 0.3 is 0 Å². The van der Waals surface area contributed by atoms with Gasteiger partial charge in [0, 0.05) is 11.4 Å². The Morgan fingerprint density at radius 1 is 1.33 bits per heavy atom. The summed E-state index contributed by atoms with van der Waals surface area (Å²) in [5.41, 5.74) is 11.2. The van der Waals surface area contributed by atoms with Crippen LogP contribution in [0.1, 0.15) is 5.56 Å². The van der Waals surface area contributed by atoms with Gasteiger partial charge in [-0.1, -0.05) is 23.9 Å². The zero-order valence-corrected chi connectivity index (χ0v) is 8.79. The fourth-order valence-electron chi connectivity index (χ4n) is 1.21. The van der Waals surface area contributed by atoms with Crippen molar-refractivity contribution >= 4 is 28.3 Å². The molecule has 0 radical (unpaired) electrons. The van der Waals surface area contributed by atoms with Gasteiger partial charge < -0.3 is 11.6 Å².